The van der Waals surface area contributed by atoms with Crippen molar-refractivity contribution in [3.8, 4) is 0 Å². The number of likely N-dealkylation sites (N-methyl/N-ethyl adjacent to an activating group) is 1. The lowest BCUT2D eigenvalue weighted by molar-refractivity contribution is 0.0690. The maximum atomic E-state index is 11.2. The number of hydrogen-bond donors (Lipinski definition) is 1. The molecule has 1 fully saturated rings. The third kappa shape index (κ3) is 2.46. The molecule has 1 aliphatic rings. The van der Waals surface area contributed by atoms with Gasteiger partial charge in [0.15, 0.2) is 5.69 Å². The Bertz CT molecular complexity index is 436. The lowest BCUT2D eigenvalue weighted by atomic mass is 10.1. The molecule has 1 aliphatic heterocycles. The van der Waals surface area contributed by atoms with E-state index in [-0.39, 0.29) is 5.69 Å². The third-order valence-corrected chi connectivity index (χ3v) is 3.50. The maximum Gasteiger partial charge on any atom is 0.356 e. The zero-order valence-corrected chi connectivity index (χ0v) is 10.8. The summed E-state index contributed by atoms with van der Waals surface area (Å²) in [7, 11) is 0. The van der Waals surface area contributed by atoms with Crippen LogP contribution in [0.25, 0.3) is 0 Å². The highest BCUT2D eigenvalue weighted by molar-refractivity contribution is 5.92. The van der Waals surface area contributed by atoms with Gasteiger partial charge < -0.3 is 10.0 Å². The van der Waals surface area contributed by atoms with Crippen LogP contribution in [-0.2, 0) is 0 Å². The van der Waals surface area contributed by atoms with Crippen molar-refractivity contribution in [2.45, 2.75) is 19.9 Å². The molecular formula is C13H19N3O2. The molecule has 1 N–H and O–H groups in total. The van der Waals surface area contributed by atoms with E-state index in [0.29, 0.717) is 6.04 Å². The first-order valence-electron chi connectivity index (χ1n) is 6.30. The zero-order valence-electron chi connectivity index (χ0n) is 10.8. The molecule has 1 atom stereocenters. The Kier molecular flexibility index (Phi) is 3.81. The van der Waals surface area contributed by atoms with Gasteiger partial charge in [-0.15, -0.1) is 0 Å². The highest BCUT2D eigenvalue weighted by Crippen LogP contribution is 2.21. The van der Waals surface area contributed by atoms with Crippen LogP contribution in [0.5, 0.6) is 0 Å². The van der Waals surface area contributed by atoms with E-state index in [1.807, 2.05) is 6.07 Å². The van der Waals surface area contributed by atoms with E-state index >= 15 is 0 Å². The number of aromatic nitrogens is 1. The number of carboxylic acid groups (broad SMARTS) is 1. The summed E-state index contributed by atoms with van der Waals surface area (Å²) in [5.41, 5.74) is 0.877. The van der Waals surface area contributed by atoms with E-state index in [4.69, 9.17) is 5.11 Å². The highest BCUT2D eigenvalue weighted by atomic mass is 16.4. The van der Waals surface area contributed by atoms with Crippen molar-refractivity contribution in [1.82, 2.24) is 9.88 Å². The topological polar surface area (TPSA) is 56.7 Å². The molecule has 1 aromatic heterocycles. The van der Waals surface area contributed by atoms with Crippen LogP contribution in [0.3, 0.4) is 0 Å². The summed E-state index contributed by atoms with van der Waals surface area (Å²) in [5.74, 6) is -0.962. The fraction of sp³-hybridized carbons (Fsp3) is 0.538. The molecule has 2 heterocycles. The number of piperazine rings is 1. The molecule has 18 heavy (non-hydrogen) atoms. The van der Waals surface area contributed by atoms with E-state index < -0.39 is 5.97 Å². The van der Waals surface area contributed by atoms with Crippen molar-refractivity contribution >= 4 is 11.7 Å². The average Bonchev–Trinajstić information content (AvgIpc) is 2.38. The Balaban J connectivity index is 2.20. The standard InChI is InChI=1S/C13H19N3O2/c1-3-15-7-8-16(9-10(15)2)11-5-4-6-14-12(11)13(17)18/h4-6,10H,3,7-9H2,1-2H3,(H,17,18). The molecular weight excluding hydrogens is 230 g/mol. The fourth-order valence-corrected chi connectivity index (χ4v) is 2.50. The summed E-state index contributed by atoms with van der Waals surface area (Å²) < 4.78 is 0. The summed E-state index contributed by atoms with van der Waals surface area (Å²) >= 11 is 0. The normalized spacial score (nSPS) is 21.0. The van der Waals surface area contributed by atoms with Gasteiger partial charge in [0.1, 0.15) is 0 Å². The molecule has 0 saturated carbocycles. The molecule has 1 saturated heterocycles. The molecule has 1 unspecified atom stereocenters. The molecule has 5 nitrogen and oxygen atoms in total. The van der Waals surface area contributed by atoms with Crippen LogP contribution < -0.4 is 4.90 Å². The molecule has 2 rings (SSSR count). The van der Waals surface area contributed by atoms with Gasteiger partial charge in [-0.1, -0.05) is 6.92 Å². The van der Waals surface area contributed by atoms with E-state index in [0.717, 1.165) is 31.9 Å². The molecule has 0 spiro atoms. The molecule has 0 radical (unpaired) electrons. The van der Waals surface area contributed by atoms with Crippen LogP contribution in [0.15, 0.2) is 18.3 Å². The number of anilines is 1. The number of rotatable bonds is 3. The van der Waals surface area contributed by atoms with E-state index in [9.17, 15) is 4.79 Å². The van der Waals surface area contributed by atoms with Crippen molar-refractivity contribution in [1.29, 1.82) is 0 Å². The zero-order chi connectivity index (χ0) is 13.1. The second kappa shape index (κ2) is 5.35. The number of carbonyl (C=O) groups is 1. The Morgan fingerprint density at radius 3 is 2.94 bits per heavy atom. The van der Waals surface area contributed by atoms with E-state index in [1.165, 1.54) is 6.20 Å². The Morgan fingerprint density at radius 2 is 2.33 bits per heavy atom. The minimum Gasteiger partial charge on any atom is -0.476 e. The van der Waals surface area contributed by atoms with E-state index in [1.54, 1.807) is 6.07 Å². The predicted molar refractivity (Wildman–Crippen MR) is 70.1 cm³/mol. The minimum absolute atomic E-state index is 0.148. The van der Waals surface area contributed by atoms with Gasteiger partial charge in [-0.25, -0.2) is 9.78 Å². The molecule has 0 aromatic carbocycles. The highest BCUT2D eigenvalue weighted by Gasteiger charge is 2.25. The van der Waals surface area contributed by atoms with Crippen molar-refractivity contribution in [2.24, 2.45) is 0 Å². The number of hydrogen-bond acceptors (Lipinski definition) is 4. The first kappa shape index (κ1) is 12.8. The molecule has 98 valence electrons. The van der Waals surface area contributed by atoms with E-state index in [2.05, 4.69) is 28.6 Å². The van der Waals surface area contributed by atoms with Gasteiger partial charge in [-0.05, 0) is 25.6 Å². The summed E-state index contributed by atoms with van der Waals surface area (Å²) in [6, 6.07) is 4.06. The smallest absolute Gasteiger partial charge is 0.356 e. The monoisotopic (exact) mass is 249 g/mol. The Labute approximate surface area is 107 Å². The Hall–Kier alpha value is -1.62. The summed E-state index contributed by atoms with van der Waals surface area (Å²) in [5, 5.41) is 9.16. The van der Waals surface area contributed by atoms with Gasteiger partial charge >= 0.3 is 5.97 Å². The fourth-order valence-electron chi connectivity index (χ4n) is 2.50. The van der Waals surface area contributed by atoms with Gasteiger partial charge in [0.05, 0.1) is 5.69 Å². The summed E-state index contributed by atoms with van der Waals surface area (Å²) in [4.78, 5) is 19.6. The van der Waals surface area contributed by atoms with Gasteiger partial charge in [0, 0.05) is 31.9 Å². The third-order valence-electron chi connectivity index (χ3n) is 3.50. The second-order valence-electron chi connectivity index (χ2n) is 4.60. The molecule has 0 aliphatic carbocycles. The van der Waals surface area contributed by atoms with Crippen molar-refractivity contribution < 1.29 is 9.90 Å². The van der Waals surface area contributed by atoms with Crippen molar-refractivity contribution in [2.75, 3.05) is 31.1 Å². The number of pyridine rings is 1. The number of aromatic carboxylic acids is 1. The van der Waals surface area contributed by atoms with Crippen LogP contribution in [0, 0.1) is 0 Å². The van der Waals surface area contributed by atoms with Gasteiger partial charge in [-0.2, -0.15) is 0 Å². The number of nitrogens with zero attached hydrogens (tertiary/aromatic N) is 3. The van der Waals surface area contributed by atoms with Crippen LogP contribution in [0.1, 0.15) is 24.3 Å². The van der Waals surface area contributed by atoms with Crippen LogP contribution in [-0.4, -0.2) is 53.2 Å². The molecule has 0 bridgehead atoms. The first-order valence-corrected chi connectivity index (χ1v) is 6.30. The molecule has 0 amide bonds. The second-order valence-corrected chi connectivity index (χ2v) is 4.60. The largest absolute Gasteiger partial charge is 0.476 e. The lowest BCUT2D eigenvalue weighted by Gasteiger charge is -2.40. The SMILES string of the molecule is CCN1CCN(c2cccnc2C(=O)O)CC1C. The Morgan fingerprint density at radius 1 is 1.56 bits per heavy atom. The maximum absolute atomic E-state index is 11.2. The summed E-state index contributed by atoms with van der Waals surface area (Å²) in [6.45, 7) is 8.02. The van der Waals surface area contributed by atoms with Gasteiger partial charge in [0.25, 0.3) is 0 Å². The molecule has 1 aromatic rings. The average molecular weight is 249 g/mol. The van der Waals surface area contributed by atoms with Crippen LogP contribution in [0.4, 0.5) is 5.69 Å². The lowest BCUT2D eigenvalue weighted by Crippen LogP contribution is -2.52. The summed E-state index contributed by atoms with van der Waals surface area (Å²) in [6.07, 6.45) is 1.53. The molecule has 5 heteroatoms. The van der Waals surface area contributed by atoms with Crippen molar-refractivity contribution in [3.05, 3.63) is 24.0 Å². The van der Waals surface area contributed by atoms with Crippen LogP contribution in [0.2, 0.25) is 0 Å². The van der Waals surface area contributed by atoms with Gasteiger partial charge in [0.2, 0.25) is 0 Å². The van der Waals surface area contributed by atoms with Gasteiger partial charge in [-0.3, -0.25) is 4.90 Å². The van der Waals surface area contributed by atoms with Crippen molar-refractivity contribution in [3.63, 3.8) is 0 Å². The minimum atomic E-state index is -0.962. The predicted octanol–water partition coefficient (Wildman–Crippen LogP) is 1.31. The number of carboxylic acids is 1. The first-order chi connectivity index (χ1) is 8.63. The quantitative estimate of drug-likeness (QED) is 0.875. The van der Waals surface area contributed by atoms with Crippen LogP contribution >= 0.6 is 0 Å².